The summed E-state index contributed by atoms with van der Waals surface area (Å²) in [5.41, 5.74) is 1.23. The van der Waals surface area contributed by atoms with Gasteiger partial charge in [0.2, 0.25) is 10.0 Å². The number of sulfonamides is 1. The fourth-order valence-corrected chi connectivity index (χ4v) is 3.09. The lowest BCUT2D eigenvalue weighted by Crippen LogP contribution is -2.32. The normalized spacial score (nSPS) is 12.0. The molecule has 5 nitrogen and oxygen atoms in total. The van der Waals surface area contributed by atoms with Gasteiger partial charge in [-0.1, -0.05) is 39.0 Å². The van der Waals surface area contributed by atoms with Gasteiger partial charge in [0.1, 0.15) is 11.5 Å². The lowest BCUT2D eigenvalue weighted by molar-refractivity contribution is 0.0976. The number of halogens is 1. The third kappa shape index (κ3) is 4.86. The van der Waals surface area contributed by atoms with Gasteiger partial charge in [-0.15, -0.1) is 0 Å². The van der Waals surface area contributed by atoms with E-state index in [4.69, 9.17) is 0 Å². The lowest BCUT2D eigenvalue weighted by atomic mass is 9.88. The monoisotopic (exact) mass is 350 g/mol. The van der Waals surface area contributed by atoms with E-state index in [1.807, 2.05) is 25.5 Å². The fourth-order valence-electron chi connectivity index (χ4n) is 2.00. The van der Waals surface area contributed by atoms with Crippen molar-refractivity contribution in [1.82, 2.24) is 9.71 Å². The zero-order chi connectivity index (χ0) is 18.0. The van der Waals surface area contributed by atoms with Crippen LogP contribution in [0, 0.1) is 5.82 Å². The van der Waals surface area contributed by atoms with Crippen LogP contribution in [0.3, 0.4) is 0 Å². The predicted molar refractivity (Wildman–Crippen MR) is 89.4 cm³/mol. The number of carbonyl (C=O) groups is 1. The van der Waals surface area contributed by atoms with Crippen LogP contribution in [-0.4, -0.2) is 19.3 Å². The van der Waals surface area contributed by atoms with Gasteiger partial charge in [0.05, 0.1) is 5.75 Å². The van der Waals surface area contributed by atoms with E-state index >= 15 is 0 Å². The van der Waals surface area contributed by atoms with Crippen molar-refractivity contribution in [3.05, 3.63) is 65.2 Å². The second-order valence-corrected chi connectivity index (χ2v) is 8.22. The summed E-state index contributed by atoms with van der Waals surface area (Å²) in [5.74, 6) is -1.67. The van der Waals surface area contributed by atoms with E-state index in [-0.39, 0.29) is 11.1 Å². The van der Waals surface area contributed by atoms with Crippen molar-refractivity contribution in [2.24, 2.45) is 0 Å². The molecule has 0 unspecified atom stereocenters. The molecule has 0 atom stereocenters. The van der Waals surface area contributed by atoms with Crippen molar-refractivity contribution in [3.8, 4) is 0 Å². The van der Waals surface area contributed by atoms with Crippen molar-refractivity contribution in [2.75, 3.05) is 0 Å². The standard InChI is InChI=1S/C17H19FN2O3S/c1-17(2,3)13-6-9-15(19-10-13)16(21)20-24(22,23)11-12-4-7-14(18)8-5-12/h4-10H,11H2,1-3H3,(H,20,21). The van der Waals surface area contributed by atoms with Crippen LogP contribution in [0.25, 0.3) is 0 Å². The maximum atomic E-state index is 12.8. The largest absolute Gasteiger partial charge is 0.283 e. The molecule has 0 aliphatic heterocycles. The minimum Gasteiger partial charge on any atom is -0.266 e. The quantitative estimate of drug-likeness (QED) is 0.920. The maximum Gasteiger partial charge on any atom is 0.283 e. The predicted octanol–water partition coefficient (Wildman–Crippen LogP) is 2.78. The SMILES string of the molecule is CC(C)(C)c1ccc(C(=O)NS(=O)(=O)Cc2ccc(F)cc2)nc1. The average Bonchev–Trinajstić information content (AvgIpc) is 2.48. The van der Waals surface area contributed by atoms with Crippen LogP contribution < -0.4 is 4.72 Å². The highest BCUT2D eigenvalue weighted by atomic mass is 32.2. The highest BCUT2D eigenvalue weighted by molar-refractivity contribution is 7.89. The average molecular weight is 350 g/mol. The van der Waals surface area contributed by atoms with Gasteiger partial charge in [-0.3, -0.25) is 9.78 Å². The third-order valence-corrected chi connectivity index (χ3v) is 4.59. The first kappa shape index (κ1) is 18.1. The summed E-state index contributed by atoms with van der Waals surface area (Å²) in [7, 11) is -3.90. The minimum atomic E-state index is -3.90. The molecule has 2 rings (SSSR count). The number of nitrogens with zero attached hydrogens (tertiary/aromatic N) is 1. The Hall–Kier alpha value is -2.28. The molecule has 0 radical (unpaired) electrons. The smallest absolute Gasteiger partial charge is 0.266 e. The number of benzene rings is 1. The molecule has 0 fully saturated rings. The molecule has 1 heterocycles. The molecule has 0 aliphatic rings. The van der Waals surface area contributed by atoms with Crippen molar-refractivity contribution in [1.29, 1.82) is 0 Å². The molecule has 0 saturated heterocycles. The first-order valence-corrected chi connectivity index (χ1v) is 8.98. The first-order valence-electron chi connectivity index (χ1n) is 7.33. The van der Waals surface area contributed by atoms with E-state index in [1.165, 1.54) is 30.3 Å². The highest BCUT2D eigenvalue weighted by Crippen LogP contribution is 2.21. The Bertz CT molecular complexity index is 824. The summed E-state index contributed by atoms with van der Waals surface area (Å²) >= 11 is 0. The fraction of sp³-hybridized carbons (Fsp3) is 0.294. The molecule has 1 amide bonds. The molecule has 0 aliphatic carbocycles. The zero-order valence-electron chi connectivity index (χ0n) is 13.7. The summed E-state index contributed by atoms with van der Waals surface area (Å²) < 4.78 is 38.9. The zero-order valence-corrected chi connectivity index (χ0v) is 14.5. The summed E-state index contributed by atoms with van der Waals surface area (Å²) in [6, 6.07) is 8.28. The van der Waals surface area contributed by atoms with Gasteiger partial charge in [0.15, 0.2) is 0 Å². The van der Waals surface area contributed by atoms with Gasteiger partial charge in [-0.25, -0.2) is 17.5 Å². The second-order valence-electron chi connectivity index (χ2n) is 6.50. The van der Waals surface area contributed by atoms with Crippen molar-refractivity contribution < 1.29 is 17.6 Å². The Kier molecular flexibility index (Phi) is 5.03. The summed E-state index contributed by atoms with van der Waals surface area (Å²) in [5, 5.41) is 0. The van der Waals surface area contributed by atoms with Crippen molar-refractivity contribution >= 4 is 15.9 Å². The van der Waals surface area contributed by atoms with Crippen LogP contribution >= 0.6 is 0 Å². The van der Waals surface area contributed by atoms with Crippen LogP contribution in [-0.2, 0) is 21.2 Å². The van der Waals surface area contributed by atoms with E-state index in [1.54, 1.807) is 12.3 Å². The molecule has 1 aromatic heterocycles. The van der Waals surface area contributed by atoms with Crippen LogP contribution in [0.4, 0.5) is 4.39 Å². The molecule has 128 valence electrons. The van der Waals surface area contributed by atoms with E-state index in [0.717, 1.165) is 5.56 Å². The van der Waals surface area contributed by atoms with Crippen molar-refractivity contribution in [3.63, 3.8) is 0 Å². The summed E-state index contributed by atoms with van der Waals surface area (Å²) in [6.45, 7) is 6.03. The number of carbonyl (C=O) groups excluding carboxylic acids is 1. The number of pyridine rings is 1. The molecular weight excluding hydrogens is 331 g/mol. The van der Waals surface area contributed by atoms with E-state index in [0.29, 0.717) is 5.56 Å². The maximum absolute atomic E-state index is 12.8. The van der Waals surface area contributed by atoms with Gasteiger partial charge in [0.25, 0.3) is 5.91 Å². The third-order valence-electron chi connectivity index (χ3n) is 3.38. The van der Waals surface area contributed by atoms with Crippen LogP contribution in [0.15, 0.2) is 42.6 Å². The Morgan fingerprint density at radius 3 is 2.25 bits per heavy atom. The number of aromatic nitrogens is 1. The molecule has 2 aromatic rings. The topological polar surface area (TPSA) is 76.1 Å². The summed E-state index contributed by atoms with van der Waals surface area (Å²) in [6.07, 6.45) is 1.56. The number of amides is 1. The Morgan fingerprint density at radius 2 is 1.75 bits per heavy atom. The van der Waals surface area contributed by atoms with Gasteiger partial charge in [-0.2, -0.15) is 0 Å². The van der Waals surface area contributed by atoms with Gasteiger partial charge in [-0.05, 0) is 34.7 Å². The van der Waals surface area contributed by atoms with E-state index < -0.39 is 27.5 Å². The summed E-state index contributed by atoms with van der Waals surface area (Å²) in [4.78, 5) is 16.1. The van der Waals surface area contributed by atoms with Crippen LogP contribution in [0.1, 0.15) is 42.4 Å². The molecule has 24 heavy (non-hydrogen) atoms. The lowest BCUT2D eigenvalue weighted by Gasteiger charge is -2.18. The molecular formula is C17H19FN2O3S. The molecule has 0 saturated carbocycles. The number of nitrogens with one attached hydrogen (secondary N) is 1. The van der Waals surface area contributed by atoms with Gasteiger partial charge >= 0.3 is 0 Å². The molecule has 1 N–H and O–H groups in total. The molecule has 7 heteroatoms. The van der Waals surface area contributed by atoms with Gasteiger partial charge < -0.3 is 0 Å². The van der Waals surface area contributed by atoms with Crippen LogP contribution in [0.5, 0.6) is 0 Å². The Balaban J connectivity index is 2.09. The van der Waals surface area contributed by atoms with Crippen molar-refractivity contribution in [2.45, 2.75) is 31.9 Å². The molecule has 0 spiro atoms. The van der Waals surface area contributed by atoms with E-state index in [9.17, 15) is 17.6 Å². The molecule has 0 bridgehead atoms. The van der Waals surface area contributed by atoms with E-state index in [2.05, 4.69) is 4.98 Å². The Morgan fingerprint density at radius 1 is 1.12 bits per heavy atom. The Labute approximate surface area is 141 Å². The second kappa shape index (κ2) is 6.68. The number of hydrogen-bond donors (Lipinski definition) is 1. The number of hydrogen-bond acceptors (Lipinski definition) is 4. The van der Waals surface area contributed by atoms with Gasteiger partial charge in [0, 0.05) is 6.20 Å². The van der Waals surface area contributed by atoms with Crippen LogP contribution in [0.2, 0.25) is 0 Å². The minimum absolute atomic E-state index is 0.0191. The number of rotatable bonds is 4. The first-order chi connectivity index (χ1) is 11.1. The highest BCUT2D eigenvalue weighted by Gasteiger charge is 2.19. The molecule has 1 aromatic carbocycles.